The fraction of sp³-hybridized carbons (Fsp3) is 0.632. The van der Waals surface area contributed by atoms with Crippen molar-refractivity contribution in [3.05, 3.63) is 29.3 Å². The van der Waals surface area contributed by atoms with E-state index in [1.54, 1.807) is 0 Å². The van der Waals surface area contributed by atoms with Gasteiger partial charge in [0.1, 0.15) is 5.60 Å². The van der Waals surface area contributed by atoms with Crippen molar-refractivity contribution < 1.29 is 9.53 Å². The van der Waals surface area contributed by atoms with Gasteiger partial charge in [-0.3, -0.25) is 0 Å². The molecular weight excluding hydrogens is 288 g/mol. The summed E-state index contributed by atoms with van der Waals surface area (Å²) >= 11 is 0. The van der Waals surface area contributed by atoms with Crippen molar-refractivity contribution in [1.29, 1.82) is 0 Å². The van der Waals surface area contributed by atoms with Crippen LogP contribution in [0.2, 0.25) is 0 Å². The van der Waals surface area contributed by atoms with Crippen LogP contribution in [0, 0.1) is 5.92 Å². The number of amides is 1. The van der Waals surface area contributed by atoms with Crippen molar-refractivity contribution in [2.24, 2.45) is 5.92 Å². The molecule has 1 aromatic carbocycles. The number of nitrogens with one attached hydrogen (secondary N) is 1. The molecule has 0 spiro atoms. The maximum Gasteiger partial charge on any atom is 0.410 e. The van der Waals surface area contributed by atoms with E-state index in [2.05, 4.69) is 30.4 Å². The lowest BCUT2D eigenvalue weighted by molar-refractivity contribution is 0.0224. The largest absolute Gasteiger partial charge is 0.444 e. The Hall–Kier alpha value is -1.71. The van der Waals surface area contributed by atoms with Gasteiger partial charge in [-0.05, 0) is 70.1 Å². The highest BCUT2D eigenvalue weighted by Crippen LogP contribution is 2.35. The second-order valence-electron chi connectivity index (χ2n) is 7.87. The predicted octanol–water partition coefficient (Wildman–Crippen LogP) is 4.19. The van der Waals surface area contributed by atoms with E-state index in [1.807, 2.05) is 25.7 Å². The summed E-state index contributed by atoms with van der Waals surface area (Å²) in [5.74, 6) is 0.827. The molecule has 1 unspecified atom stereocenters. The van der Waals surface area contributed by atoms with Crippen molar-refractivity contribution in [1.82, 2.24) is 4.90 Å². The molecule has 3 rings (SSSR count). The lowest BCUT2D eigenvalue weighted by atomic mass is 9.97. The molecule has 0 bridgehead atoms. The minimum absolute atomic E-state index is 0.215. The molecule has 4 nitrogen and oxygen atoms in total. The molecule has 0 radical (unpaired) electrons. The van der Waals surface area contributed by atoms with Crippen molar-refractivity contribution in [3.63, 3.8) is 0 Å². The van der Waals surface area contributed by atoms with Crippen molar-refractivity contribution in [2.75, 3.05) is 11.9 Å². The Morgan fingerprint density at radius 1 is 1.35 bits per heavy atom. The van der Waals surface area contributed by atoms with E-state index in [0.717, 1.165) is 18.9 Å². The molecule has 1 atom stereocenters. The first-order chi connectivity index (χ1) is 10.8. The SMILES string of the molecule is CC(Nc1cccc2c1CCN(C(=O)OC(C)(C)C)C2)C1CC1. The van der Waals surface area contributed by atoms with Crippen LogP contribution >= 0.6 is 0 Å². The quantitative estimate of drug-likeness (QED) is 0.909. The van der Waals surface area contributed by atoms with Crippen LogP contribution in [0.1, 0.15) is 51.7 Å². The van der Waals surface area contributed by atoms with Gasteiger partial charge in [0.15, 0.2) is 0 Å². The average Bonchev–Trinajstić information content (AvgIpc) is 3.29. The number of nitrogens with zero attached hydrogens (tertiary/aromatic N) is 1. The average molecular weight is 316 g/mol. The van der Waals surface area contributed by atoms with Crippen molar-refractivity contribution in [2.45, 2.75) is 65.1 Å². The van der Waals surface area contributed by atoms with E-state index in [-0.39, 0.29) is 6.09 Å². The number of ether oxygens (including phenoxy) is 1. The van der Waals surface area contributed by atoms with E-state index in [0.29, 0.717) is 12.6 Å². The maximum atomic E-state index is 12.3. The molecule has 126 valence electrons. The summed E-state index contributed by atoms with van der Waals surface area (Å²) in [4.78, 5) is 14.1. The summed E-state index contributed by atoms with van der Waals surface area (Å²) in [5.41, 5.74) is 3.39. The van der Waals surface area contributed by atoms with E-state index in [4.69, 9.17) is 4.74 Å². The molecule has 1 aromatic rings. The Balaban J connectivity index is 1.70. The number of carbonyl (C=O) groups excluding carboxylic acids is 1. The Morgan fingerprint density at radius 2 is 2.09 bits per heavy atom. The highest BCUT2D eigenvalue weighted by atomic mass is 16.6. The predicted molar refractivity (Wildman–Crippen MR) is 92.6 cm³/mol. The zero-order valence-electron chi connectivity index (χ0n) is 14.7. The molecule has 1 saturated carbocycles. The van der Waals surface area contributed by atoms with Crippen LogP contribution in [0.4, 0.5) is 10.5 Å². The number of anilines is 1. The minimum Gasteiger partial charge on any atom is -0.444 e. The molecule has 2 aliphatic rings. The van der Waals surface area contributed by atoms with E-state index in [9.17, 15) is 4.79 Å². The summed E-state index contributed by atoms with van der Waals surface area (Å²) in [5, 5.41) is 3.68. The Labute approximate surface area is 139 Å². The number of benzene rings is 1. The van der Waals surface area contributed by atoms with Gasteiger partial charge in [0.05, 0.1) is 0 Å². The van der Waals surface area contributed by atoms with Gasteiger partial charge in [-0.2, -0.15) is 0 Å². The van der Waals surface area contributed by atoms with E-state index >= 15 is 0 Å². The van der Waals surface area contributed by atoms with Gasteiger partial charge in [-0.1, -0.05) is 12.1 Å². The zero-order chi connectivity index (χ0) is 16.6. The van der Waals surface area contributed by atoms with Crippen molar-refractivity contribution >= 4 is 11.8 Å². The lowest BCUT2D eigenvalue weighted by Crippen LogP contribution is -2.40. The molecule has 4 heteroatoms. The third kappa shape index (κ3) is 3.98. The Kier molecular flexibility index (Phi) is 4.26. The van der Waals surface area contributed by atoms with E-state index in [1.165, 1.54) is 29.7 Å². The molecule has 1 heterocycles. The van der Waals surface area contributed by atoms with Gasteiger partial charge in [-0.15, -0.1) is 0 Å². The molecule has 1 N–H and O–H groups in total. The molecule has 1 fully saturated rings. The molecule has 23 heavy (non-hydrogen) atoms. The topological polar surface area (TPSA) is 41.6 Å². The molecule has 1 amide bonds. The number of fused-ring (bicyclic) bond motifs is 1. The smallest absolute Gasteiger partial charge is 0.410 e. The van der Waals surface area contributed by atoms with Crippen LogP contribution < -0.4 is 5.32 Å². The standard InChI is InChI=1S/C19H28N2O2/c1-13(14-8-9-14)20-17-7-5-6-15-12-21(11-10-16(15)17)18(22)23-19(2,3)4/h5-7,13-14,20H,8-12H2,1-4H3. The second kappa shape index (κ2) is 6.06. The van der Waals surface area contributed by atoms with E-state index < -0.39 is 5.60 Å². The summed E-state index contributed by atoms with van der Waals surface area (Å²) in [7, 11) is 0. The normalized spacial score (nSPS) is 19.0. The van der Waals surface area contributed by atoms with Crippen LogP contribution in [-0.4, -0.2) is 29.2 Å². The number of carbonyl (C=O) groups is 1. The third-order valence-corrected chi connectivity index (χ3v) is 4.63. The van der Waals surface area contributed by atoms with Crippen LogP contribution in [0.3, 0.4) is 0 Å². The molecular formula is C19H28N2O2. The fourth-order valence-corrected chi connectivity index (χ4v) is 3.19. The summed E-state index contributed by atoms with van der Waals surface area (Å²) < 4.78 is 5.50. The van der Waals surface area contributed by atoms with Gasteiger partial charge in [0.2, 0.25) is 0 Å². The van der Waals surface area contributed by atoms with Gasteiger partial charge in [0, 0.05) is 24.8 Å². The fourth-order valence-electron chi connectivity index (χ4n) is 3.19. The zero-order valence-corrected chi connectivity index (χ0v) is 14.7. The van der Waals surface area contributed by atoms with Crippen LogP contribution in [0.25, 0.3) is 0 Å². The summed E-state index contributed by atoms with van der Waals surface area (Å²) in [6.07, 6.45) is 3.35. The highest BCUT2D eigenvalue weighted by molar-refractivity contribution is 5.69. The number of hydrogen-bond donors (Lipinski definition) is 1. The van der Waals surface area contributed by atoms with Crippen LogP contribution in [-0.2, 0) is 17.7 Å². The maximum absolute atomic E-state index is 12.3. The molecule has 0 saturated heterocycles. The first kappa shape index (κ1) is 16.2. The molecule has 0 aromatic heterocycles. The highest BCUT2D eigenvalue weighted by Gasteiger charge is 2.30. The monoisotopic (exact) mass is 316 g/mol. The Bertz CT molecular complexity index is 588. The van der Waals surface area contributed by atoms with Gasteiger partial charge in [-0.25, -0.2) is 4.79 Å². The van der Waals surface area contributed by atoms with Crippen LogP contribution in [0.15, 0.2) is 18.2 Å². The van der Waals surface area contributed by atoms with Crippen LogP contribution in [0.5, 0.6) is 0 Å². The first-order valence-corrected chi connectivity index (χ1v) is 8.69. The van der Waals surface area contributed by atoms with Gasteiger partial charge < -0.3 is 15.0 Å². The van der Waals surface area contributed by atoms with Crippen molar-refractivity contribution in [3.8, 4) is 0 Å². The molecule has 1 aliphatic heterocycles. The number of rotatable bonds is 3. The lowest BCUT2D eigenvalue weighted by Gasteiger charge is -2.32. The second-order valence-corrected chi connectivity index (χ2v) is 7.87. The Morgan fingerprint density at radius 3 is 2.74 bits per heavy atom. The third-order valence-electron chi connectivity index (χ3n) is 4.63. The van der Waals surface area contributed by atoms with Gasteiger partial charge >= 0.3 is 6.09 Å². The first-order valence-electron chi connectivity index (χ1n) is 8.69. The summed E-state index contributed by atoms with van der Waals surface area (Å²) in [6, 6.07) is 6.91. The number of hydrogen-bond acceptors (Lipinski definition) is 3. The molecule has 1 aliphatic carbocycles. The summed E-state index contributed by atoms with van der Waals surface area (Å²) in [6.45, 7) is 9.35. The van der Waals surface area contributed by atoms with Gasteiger partial charge in [0.25, 0.3) is 0 Å². The minimum atomic E-state index is -0.444.